The first-order valence-electron chi connectivity index (χ1n) is 7.88. The number of benzene rings is 1. The Morgan fingerprint density at radius 3 is 2.50 bits per heavy atom. The minimum Gasteiger partial charge on any atom is -0.378 e. The highest BCUT2D eigenvalue weighted by Crippen LogP contribution is 2.16. The van der Waals surface area contributed by atoms with Crippen LogP contribution in [0.5, 0.6) is 0 Å². The molecule has 1 fully saturated rings. The van der Waals surface area contributed by atoms with Crippen LogP contribution in [0.1, 0.15) is 32.3 Å². The Hall–Kier alpha value is -1.06. The van der Waals surface area contributed by atoms with Gasteiger partial charge in [-0.15, -0.1) is 0 Å². The van der Waals surface area contributed by atoms with Crippen molar-refractivity contribution < 1.29 is 4.74 Å². The second-order valence-electron chi connectivity index (χ2n) is 5.98. The maximum absolute atomic E-state index is 5.39. The van der Waals surface area contributed by atoms with Crippen molar-refractivity contribution in [2.24, 2.45) is 5.92 Å². The van der Waals surface area contributed by atoms with Gasteiger partial charge in [-0.3, -0.25) is 0 Å². The predicted octanol–water partition coefficient (Wildman–Crippen LogP) is 3.05. The van der Waals surface area contributed by atoms with E-state index in [1.165, 1.54) is 24.1 Å². The van der Waals surface area contributed by atoms with E-state index in [0.29, 0.717) is 0 Å². The van der Waals surface area contributed by atoms with Crippen molar-refractivity contribution in [1.29, 1.82) is 0 Å². The summed E-state index contributed by atoms with van der Waals surface area (Å²) < 4.78 is 5.39. The summed E-state index contributed by atoms with van der Waals surface area (Å²) in [5, 5.41) is 3.52. The molecule has 0 aliphatic carbocycles. The van der Waals surface area contributed by atoms with E-state index in [1.54, 1.807) is 0 Å². The Bertz CT molecular complexity index is 369. The van der Waals surface area contributed by atoms with Gasteiger partial charge in [0.15, 0.2) is 0 Å². The van der Waals surface area contributed by atoms with E-state index in [4.69, 9.17) is 4.74 Å². The third-order valence-electron chi connectivity index (χ3n) is 3.78. The number of morpholine rings is 1. The van der Waals surface area contributed by atoms with Gasteiger partial charge in [-0.25, -0.2) is 0 Å². The van der Waals surface area contributed by atoms with Crippen LogP contribution in [-0.2, 0) is 11.3 Å². The fourth-order valence-corrected chi connectivity index (χ4v) is 2.51. The molecule has 1 N–H and O–H groups in total. The number of nitrogens with zero attached hydrogens (tertiary/aromatic N) is 1. The van der Waals surface area contributed by atoms with Gasteiger partial charge >= 0.3 is 0 Å². The first-order valence-corrected chi connectivity index (χ1v) is 7.88. The van der Waals surface area contributed by atoms with Gasteiger partial charge in [0.05, 0.1) is 13.2 Å². The quantitative estimate of drug-likeness (QED) is 0.775. The fraction of sp³-hybridized carbons (Fsp3) is 0.647. The number of anilines is 1. The number of hydrogen-bond donors (Lipinski definition) is 1. The van der Waals surface area contributed by atoms with Gasteiger partial charge in [-0.2, -0.15) is 0 Å². The molecule has 0 amide bonds. The summed E-state index contributed by atoms with van der Waals surface area (Å²) in [6.07, 6.45) is 2.58. The summed E-state index contributed by atoms with van der Waals surface area (Å²) in [6.45, 7) is 10.4. The third kappa shape index (κ3) is 5.14. The van der Waals surface area contributed by atoms with Crippen LogP contribution in [0, 0.1) is 5.92 Å². The smallest absolute Gasteiger partial charge is 0.0642 e. The molecule has 0 radical (unpaired) electrons. The van der Waals surface area contributed by atoms with Crippen LogP contribution >= 0.6 is 0 Å². The Labute approximate surface area is 123 Å². The van der Waals surface area contributed by atoms with E-state index in [1.807, 2.05) is 0 Å². The number of rotatable bonds is 7. The van der Waals surface area contributed by atoms with Crippen molar-refractivity contribution in [3.63, 3.8) is 0 Å². The predicted molar refractivity (Wildman–Crippen MR) is 85.3 cm³/mol. The van der Waals surface area contributed by atoms with Crippen molar-refractivity contribution in [2.75, 3.05) is 37.7 Å². The van der Waals surface area contributed by atoms with Crippen LogP contribution in [0.25, 0.3) is 0 Å². The summed E-state index contributed by atoms with van der Waals surface area (Å²) in [6, 6.07) is 8.94. The van der Waals surface area contributed by atoms with Gasteiger partial charge in [0, 0.05) is 25.3 Å². The molecule has 3 nitrogen and oxygen atoms in total. The van der Waals surface area contributed by atoms with Gasteiger partial charge in [0.1, 0.15) is 0 Å². The van der Waals surface area contributed by atoms with Crippen molar-refractivity contribution >= 4 is 5.69 Å². The van der Waals surface area contributed by atoms with Crippen LogP contribution in [0.4, 0.5) is 5.69 Å². The second-order valence-corrected chi connectivity index (χ2v) is 5.98. The normalized spacial score (nSPS) is 15.8. The van der Waals surface area contributed by atoms with Crippen molar-refractivity contribution in [3.05, 3.63) is 29.8 Å². The highest BCUT2D eigenvalue weighted by Gasteiger charge is 2.10. The Morgan fingerprint density at radius 2 is 1.85 bits per heavy atom. The summed E-state index contributed by atoms with van der Waals surface area (Å²) in [5.74, 6) is 0.810. The minimum atomic E-state index is 0.810. The Balaban J connectivity index is 1.71. The molecule has 0 bridgehead atoms. The first kappa shape index (κ1) is 15.3. The molecule has 1 aliphatic rings. The monoisotopic (exact) mass is 276 g/mol. The van der Waals surface area contributed by atoms with Crippen molar-refractivity contribution in [1.82, 2.24) is 5.32 Å². The number of ether oxygens (including phenoxy) is 1. The van der Waals surface area contributed by atoms with Gasteiger partial charge in [-0.1, -0.05) is 26.0 Å². The fourth-order valence-electron chi connectivity index (χ4n) is 2.51. The van der Waals surface area contributed by atoms with Gasteiger partial charge < -0.3 is 15.0 Å². The summed E-state index contributed by atoms with van der Waals surface area (Å²) in [7, 11) is 0. The molecule has 0 saturated carbocycles. The van der Waals surface area contributed by atoms with E-state index in [9.17, 15) is 0 Å². The zero-order valence-corrected chi connectivity index (χ0v) is 12.9. The first-order chi connectivity index (χ1) is 9.75. The standard InChI is InChI=1S/C17H28N2O/c1-15(2)4-3-9-18-14-16-5-7-17(8-6-16)19-10-12-20-13-11-19/h5-8,15,18H,3-4,9-14H2,1-2H3. The van der Waals surface area contributed by atoms with E-state index in [2.05, 4.69) is 48.3 Å². The third-order valence-corrected chi connectivity index (χ3v) is 3.78. The van der Waals surface area contributed by atoms with E-state index >= 15 is 0 Å². The number of nitrogens with one attached hydrogen (secondary N) is 1. The Kier molecular flexibility index (Phi) is 6.34. The molecule has 1 aliphatic heterocycles. The molecule has 0 atom stereocenters. The van der Waals surface area contributed by atoms with Crippen molar-refractivity contribution in [2.45, 2.75) is 33.2 Å². The molecule has 3 heteroatoms. The molecule has 0 aromatic heterocycles. The lowest BCUT2D eigenvalue weighted by Gasteiger charge is -2.28. The lowest BCUT2D eigenvalue weighted by Crippen LogP contribution is -2.36. The van der Waals surface area contributed by atoms with E-state index in [0.717, 1.165) is 45.3 Å². The molecule has 0 unspecified atom stereocenters. The molecule has 112 valence electrons. The molecular formula is C17H28N2O. The topological polar surface area (TPSA) is 24.5 Å². The molecule has 20 heavy (non-hydrogen) atoms. The summed E-state index contributed by atoms with van der Waals surface area (Å²) in [4.78, 5) is 2.39. The van der Waals surface area contributed by atoms with Crippen LogP contribution in [0.15, 0.2) is 24.3 Å². The SMILES string of the molecule is CC(C)CCCNCc1ccc(N2CCOCC2)cc1. The van der Waals surface area contributed by atoms with Crippen LogP contribution in [0.2, 0.25) is 0 Å². The molecule has 0 spiro atoms. The molecular weight excluding hydrogens is 248 g/mol. The molecule has 1 saturated heterocycles. The number of hydrogen-bond acceptors (Lipinski definition) is 3. The maximum atomic E-state index is 5.39. The average Bonchev–Trinajstić information content (AvgIpc) is 2.48. The van der Waals surface area contributed by atoms with Crippen LogP contribution in [0.3, 0.4) is 0 Å². The Morgan fingerprint density at radius 1 is 1.15 bits per heavy atom. The molecule has 1 heterocycles. The largest absolute Gasteiger partial charge is 0.378 e. The summed E-state index contributed by atoms with van der Waals surface area (Å²) >= 11 is 0. The second kappa shape index (κ2) is 8.28. The van der Waals surface area contributed by atoms with Gasteiger partial charge in [-0.05, 0) is 43.0 Å². The van der Waals surface area contributed by atoms with Crippen molar-refractivity contribution in [3.8, 4) is 0 Å². The molecule has 1 aromatic rings. The zero-order chi connectivity index (χ0) is 14.2. The van der Waals surface area contributed by atoms with Crippen LogP contribution in [-0.4, -0.2) is 32.8 Å². The van der Waals surface area contributed by atoms with Gasteiger partial charge in [0.25, 0.3) is 0 Å². The van der Waals surface area contributed by atoms with Crippen LogP contribution < -0.4 is 10.2 Å². The highest BCUT2D eigenvalue weighted by molar-refractivity contribution is 5.47. The van der Waals surface area contributed by atoms with E-state index < -0.39 is 0 Å². The zero-order valence-electron chi connectivity index (χ0n) is 12.9. The summed E-state index contributed by atoms with van der Waals surface area (Å²) in [5.41, 5.74) is 2.68. The maximum Gasteiger partial charge on any atom is 0.0642 e. The lowest BCUT2D eigenvalue weighted by molar-refractivity contribution is 0.122. The van der Waals surface area contributed by atoms with Gasteiger partial charge in [0.2, 0.25) is 0 Å². The van der Waals surface area contributed by atoms with E-state index in [-0.39, 0.29) is 0 Å². The minimum absolute atomic E-state index is 0.810. The highest BCUT2D eigenvalue weighted by atomic mass is 16.5. The average molecular weight is 276 g/mol. The molecule has 2 rings (SSSR count). The lowest BCUT2D eigenvalue weighted by atomic mass is 10.1. The molecule has 1 aromatic carbocycles.